The van der Waals surface area contributed by atoms with Crippen molar-refractivity contribution in [2.75, 3.05) is 13.7 Å². The van der Waals surface area contributed by atoms with Crippen molar-refractivity contribution in [2.24, 2.45) is 0 Å². The summed E-state index contributed by atoms with van der Waals surface area (Å²) >= 11 is 0. The molecule has 1 aromatic carbocycles. The van der Waals surface area contributed by atoms with Crippen molar-refractivity contribution in [1.29, 1.82) is 0 Å². The molecule has 2 unspecified atom stereocenters. The van der Waals surface area contributed by atoms with Gasteiger partial charge in [0.1, 0.15) is 5.75 Å². The van der Waals surface area contributed by atoms with Crippen LogP contribution in [0.2, 0.25) is 0 Å². The van der Waals surface area contributed by atoms with Gasteiger partial charge in [0.15, 0.2) is 0 Å². The van der Waals surface area contributed by atoms with Crippen LogP contribution in [0.3, 0.4) is 0 Å². The second-order valence-corrected chi connectivity index (χ2v) is 4.89. The maximum Gasteiger partial charge on any atom is 0.237 e. The van der Waals surface area contributed by atoms with Crippen molar-refractivity contribution in [2.45, 2.75) is 38.3 Å². The fourth-order valence-electron chi connectivity index (χ4n) is 2.46. The van der Waals surface area contributed by atoms with Gasteiger partial charge in [-0.3, -0.25) is 10.1 Å². The molecule has 1 aliphatic heterocycles. The number of hydrogen-bond donors (Lipinski definition) is 2. The Morgan fingerprint density at radius 3 is 2.74 bits per heavy atom. The maximum absolute atomic E-state index is 11.8. The summed E-state index contributed by atoms with van der Waals surface area (Å²) in [6.07, 6.45) is 2.91. The first-order valence-corrected chi connectivity index (χ1v) is 6.92. The first-order chi connectivity index (χ1) is 9.24. The van der Waals surface area contributed by atoms with Crippen LogP contribution in [0.1, 0.15) is 37.8 Å². The van der Waals surface area contributed by atoms with Crippen molar-refractivity contribution >= 4 is 5.91 Å². The molecule has 0 spiro atoms. The van der Waals surface area contributed by atoms with Crippen molar-refractivity contribution < 1.29 is 9.53 Å². The Morgan fingerprint density at radius 1 is 1.42 bits per heavy atom. The smallest absolute Gasteiger partial charge is 0.237 e. The maximum atomic E-state index is 11.8. The number of rotatable bonds is 5. The highest BCUT2D eigenvalue weighted by Gasteiger charge is 2.24. The number of methoxy groups -OCH3 is 1. The van der Waals surface area contributed by atoms with Crippen LogP contribution in [0.5, 0.6) is 5.75 Å². The molecule has 104 valence electrons. The van der Waals surface area contributed by atoms with Crippen molar-refractivity contribution in [1.82, 2.24) is 10.6 Å². The summed E-state index contributed by atoms with van der Waals surface area (Å²) in [4.78, 5) is 11.8. The SMILES string of the molecule is CCC(NC1CCCNC1=O)c1ccc(OC)cc1. The Hall–Kier alpha value is -1.55. The van der Waals surface area contributed by atoms with Gasteiger partial charge in [-0.25, -0.2) is 0 Å². The molecule has 0 aromatic heterocycles. The van der Waals surface area contributed by atoms with Gasteiger partial charge in [0.05, 0.1) is 13.2 Å². The van der Waals surface area contributed by atoms with Gasteiger partial charge in [-0.05, 0) is 37.0 Å². The van der Waals surface area contributed by atoms with Crippen LogP contribution in [0.15, 0.2) is 24.3 Å². The molecular formula is C15H22N2O2. The fourth-order valence-corrected chi connectivity index (χ4v) is 2.46. The van der Waals surface area contributed by atoms with E-state index in [4.69, 9.17) is 4.74 Å². The number of nitrogens with one attached hydrogen (secondary N) is 2. The van der Waals surface area contributed by atoms with E-state index in [9.17, 15) is 4.79 Å². The molecule has 1 aromatic rings. The highest BCUT2D eigenvalue weighted by Crippen LogP contribution is 2.21. The van der Waals surface area contributed by atoms with E-state index in [1.807, 2.05) is 12.1 Å². The van der Waals surface area contributed by atoms with E-state index in [1.54, 1.807) is 7.11 Å². The molecule has 2 rings (SSSR count). The highest BCUT2D eigenvalue weighted by molar-refractivity contribution is 5.82. The quantitative estimate of drug-likeness (QED) is 0.853. The van der Waals surface area contributed by atoms with Crippen LogP contribution in [-0.2, 0) is 4.79 Å². The number of ether oxygens (including phenoxy) is 1. The van der Waals surface area contributed by atoms with Crippen molar-refractivity contribution in [3.63, 3.8) is 0 Å². The lowest BCUT2D eigenvalue weighted by atomic mass is 10.00. The van der Waals surface area contributed by atoms with Crippen LogP contribution in [0.25, 0.3) is 0 Å². The van der Waals surface area contributed by atoms with Gasteiger partial charge in [-0.1, -0.05) is 19.1 Å². The number of carbonyl (C=O) groups excluding carboxylic acids is 1. The molecule has 19 heavy (non-hydrogen) atoms. The van der Waals surface area contributed by atoms with Gasteiger partial charge in [-0.2, -0.15) is 0 Å². The minimum Gasteiger partial charge on any atom is -0.497 e. The summed E-state index contributed by atoms with van der Waals surface area (Å²) < 4.78 is 5.17. The number of amides is 1. The lowest BCUT2D eigenvalue weighted by molar-refractivity contribution is -0.124. The first kappa shape index (κ1) is 13.9. The van der Waals surface area contributed by atoms with E-state index in [0.717, 1.165) is 31.6 Å². The van der Waals surface area contributed by atoms with Crippen molar-refractivity contribution in [3.8, 4) is 5.75 Å². The highest BCUT2D eigenvalue weighted by atomic mass is 16.5. The zero-order valence-electron chi connectivity index (χ0n) is 11.6. The molecule has 0 saturated carbocycles. The molecule has 2 N–H and O–H groups in total. The molecule has 2 atom stereocenters. The molecule has 4 heteroatoms. The van der Waals surface area contributed by atoms with Gasteiger partial charge >= 0.3 is 0 Å². The summed E-state index contributed by atoms with van der Waals surface area (Å²) in [5.41, 5.74) is 1.20. The van der Waals surface area contributed by atoms with Gasteiger partial charge < -0.3 is 10.1 Å². The average Bonchev–Trinajstić information content (AvgIpc) is 2.47. The van der Waals surface area contributed by atoms with Crippen LogP contribution in [0.4, 0.5) is 0 Å². The van der Waals surface area contributed by atoms with Gasteiger partial charge in [0.25, 0.3) is 0 Å². The standard InChI is InChI=1S/C15H22N2O2/c1-3-13(11-6-8-12(19-2)9-7-11)17-14-5-4-10-16-15(14)18/h6-9,13-14,17H,3-5,10H2,1-2H3,(H,16,18). The zero-order valence-corrected chi connectivity index (χ0v) is 11.6. The minimum atomic E-state index is -0.0687. The molecule has 1 amide bonds. The van der Waals surface area contributed by atoms with E-state index in [-0.39, 0.29) is 18.0 Å². The molecule has 0 radical (unpaired) electrons. The second-order valence-electron chi connectivity index (χ2n) is 4.89. The molecule has 1 heterocycles. The zero-order chi connectivity index (χ0) is 13.7. The van der Waals surface area contributed by atoms with E-state index in [0.29, 0.717) is 0 Å². The predicted octanol–water partition coefficient (Wildman–Crippen LogP) is 2.01. The third-order valence-electron chi connectivity index (χ3n) is 3.61. The van der Waals surface area contributed by atoms with Crippen LogP contribution < -0.4 is 15.4 Å². The normalized spacial score (nSPS) is 20.7. The Kier molecular flexibility index (Phi) is 4.80. The number of hydrogen-bond acceptors (Lipinski definition) is 3. The summed E-state index contributed by atoms with van der Waals surface area (Å²) in [6, 6.07) is 8.17. The Labute approximate surface area is 114 Å². The summed E-state index contributed by atoms with van der Waals surface area (Å²) in [5, 5.41) is 6.37. The van der Waals surface area contributed by atoms with Gasteiger partial charge in [-0.15, -0.1) is 0 Å². The monoisotopic (exact) mass is 262 g/mol. The molecule has 0 aliphatic carbocycles. The van der Waals surface area contributed by atoms with E-state index >= 15 is 0 Å². The summed E-state index contributed by atoms with van der Waals surface area (Å²) in [7, 11) is 1.66. The Morgan fingerprint density at radius 2 is 2.16 bits per heavy atom. The molecule has 1 aliphatic rings. The first-order valence-electron chi connectivity index (χ1n) is 6.92. The largest absolute Gasteiger partial charge is 0.497 e. The van der Waals surface area contributed by atoms with E-state index in [2.05, 4.69) is 29.7 Å². The molecule has 1 fully saturated rings. The minimum absolute atomic E-state index is 0.0687. The number of benzene rings is 1. The Bertz CT molecular complexity index is 417. The summed E-state index contributed by atoms with van der Waals surface area (Å²) in [5.74, 6) is 0.979. The van der Waals surface area contributed by atoms with Crippen LogP contribution >= 0.6 is 0 Å². The fraction of sp³-hybridized carbons (Fsp3) is 0.533. The molecular weight excluding hydrogens is 240 g/mol. The van der Waals surface area contributed by atoms with Crippen molar-refractivity contribution in [3.05, 3.63) is 29.8 Å². The lowest BCUT2D eigenvalue weighted by Gasteiger charge is -2.27. The van der Waals surface area contributed by atoms with Gasteiger partial charge in [0, 0.05) is 12.6 Å². The van der Waals surface area contributed by atoms with Crippen LogP contribution in [-0.4, -0.2) is 25.6 Å². The summed E-state index contributed by atoms with van der Waals surface area (Å²) in [6.45, 7) is 2.93. The third kappa shape index (κ3) is 3.47. The number of carbonyl (C=O) groups is 1. The second kappa shape index (κ2) is 6.57. The Balaban J connectivity index is 2.04. The van der Waals surface area contributed by atoms with Crippen LogP contribution in [0, 0.1) is 0 Å². The molecule has 1 saturated heterocycles. The molecule has 0 bridgehead atoms. The predicted molar refractivity (Wildman–Crippen MR) is 75.2 cm³/mol. The van der Waals surface area contributed by atoms with E-state index in [1.165, 1.54) is 5.56 Å². The topological polar surface area (TPSA) is 50.4 Å². The lowest BCUT2D eigenvalue weighted by Crippen LogP contribution is -2.49. The van der Waals surface area contributed by atoms with Gasteiger partial charge in [0.2, 0.25) is 5.91 Å². The molecule has 4 nitrogen and oxygen atoms in total. The van der Waals surface area contributed by atoms with E-state index < -0.39 is 0 Å². The average molecular weight is 262 g/mol. The number of piperidine rings is 1. The third-order valence-corrected chi connectivity index (χ3v) is 3.61.